The lowest BCUT2D eigenvalue weighted by Crippen LogP contribution is -2.24. The van der Waals surface area contributed by atoms with E-state index >= 15 is 0 Å². The van der Waals surface area contributed by atoms with Gasteiger partial charge in [0.15, 0.2) is 11.5 Å². The Hall–Kier alpha value is -3.55. The van der Waals surface area contributed by atoms with E-state index in [-0.39, 0.29) is 11.8 Å². The highest BCUT2D eigenvalue weighted by Crippen LogP contribution is 2.41. The predicted molar refractivity (Wildman–Crippen MR) is 115 cm³/mol. The van der Waals surface area contributed by atoms with Crippen LogP contribution in [0, 0.1) is 0 Å². The quantitative estimate of drug-likeness (QED) is 0.570. The van der Waals surface area contributed by atoms with Crippen molar-refractivity contribution < 1.29 is 23.5 Å². The minimum absolute atomic E-state index is 0.0433. The lowest BCUT2D eigenvalue weighted by molar-refractivity contribution is -0.117. The number of aryl methyl sites for hydroxylation is 1. The van der Waals surface area contributed by atoms with Crippen molar-refractivity contribution in [3.63, 3.8) is 0 Å². The zero-order valence-electron chi connectivity index (χ0n) is 18.0. The van der Waals surface area contributed by atoms with Gasteiger partial charge in [0.1, 0.15) is 0 Å². The van der Waals surface area contributed by atoms with Gasteiger partial charge in [-0.25, -0.2) is 0 Å². The summed E-state index contributed by atoms with van der Waals surface area (Å²) in [6.45, 7) is 2.61. The molecule has 1 saturated heterocycles. The Kier molecular flexibility index (Phi) is 5.79. The molecule has 0 bridgehead atoms. The largest absolute Gasteiger partial charge is 0.493 e. The second-order valence-electron chi connectivity index (χ2n) is 7.30. The Balaban J connectivity index is 1.57. The number of anilines is 1. The predicted octanol–water partition coefficient (Wildman–Crippen LogP) is 3.85. The van der Waals surface area contributed by atoms with Crippen molar-refractivity contribution in [2.24, 2.45) is 0 Å². The minimum atomic E-state index is -0.165. The molecule has 1 fully saturated rings. The van der Waals surface area contributed by atoms with Crippen LogP contribution in [0.25, 0.3) is 11.4 Å². The molecule has 4 rings (SSSR count). The molecule has 1 aliphatic rings. The summed E-state index contributed by atoms with van der Waals surface area (Å²) in [5.41, 5.74) is 2.79. The van der Waals surface area contributed by atoms with Crippen molar-refractivity contribution in [1.82, 2.24) is 10.1 Å². The van der Waals surface area contributed by atoms with Crippen molar-refractivity contribution in [3.05, 3.63) is 47.9 Å². The molecule has 8 heteroatoms. The van der Waals surface area contributed by atoms with Gasteiger partial charge in [-0.15, -0.1) is 0 Å². The molecule has 8 nitrogen and oxygen atoms in total. The van der Waals surface area contributed by atoms with E-state index in [9.17, 15) is 4.79 Å². The maximum Gasteiger partial charge on any atom is 0.232 e. The van der Waals surface area contributed by atoms with Gasteiger partial charge in [0, 0.05) is 24.2 Å². The number of rotatable bonds is 7. The molecule has 3 aromatic rings. The summed E-state index contributed by atoms with van der Waals surface area (Å²) in [7, 11) is 4.65. The van der Waals surface area contributed by atoms with Crippen LogP contribution in [-0.4, -0.2) is 43.9 Å². The SMILES string of the molecule is CCc1ccc(N2C[C@H](c3nc(-c4cc(OC)c(OC)c(OC)c4)no3)CC2=O)cc1. The highest BCUT2D eigenvalue weighted by atomic mass is 16.5. The van der Waals surface area contributed by atoms with Crippen LogP contribution in [0.5, 0.6) is 17.2 Å². The number of hydrogen-bond donors (Lipinski definition) is 0. The molecule has 1 atom stereocenters. The Labute approximate surface area is 180 Å². The topological polar surface area (TPSA) is 86.9 Å². The van der Waals surface area contributed by atoms with Crippen molar-refractivity contribution >= 4 is 11.6 Å². The van der Waals surface area contributed by atoms with E-state index in [4.69, 9.17) is 18.7 Å². The number of hydrogen-bond acceptors (Lipinski definition) is 7. The minimum Gasteiger partial charge on any atom is -0.493 e. The molecule has 0 aliphatic carbocycles. The van der Waals surface area contributed by atoms with E-state index in [1.54, 1.807) is 38.4 Å². The number of benzene rings is 2. The second-order valence-corrected chi connectivity index (χ2v) is 7.30. The van der Waals surface area contributed by atoms with Crippen LogP contribution in [0.15, 0.2) is 40.9 Å². The molecule has 1 aliphatic heterocycles. The van der Waals surface area contributed by atoms with E-state index in [1.165, 1.54) is 5.56 Å². The summed E-state index contributed by atoms with van der Waals surface area (Å²) in [6.07, 6.45) is 1.29. The third kappa shape index (κ3) is 3.93. The first-order valence-corrected chi connectivity index (χ1v) is 10.1. The Bertz CT molecular complexity index is 1050. The molecule has 2 aromatic carbocycles. The van der Waals surface area contributed by atoms with Crippen molar-refractivity contribution in [2.45, 2.75) is 25.7 Å². The molecule has 0 spiro atoms. The van der Waals surface area contributed by atoms with E-state index in [2.05, 4.69) is 17.1 Å². The summed E-state index contributed by atoms with van der Waals surface area (Å²) in [5, 5.41) is 4.11. The summed E-state index contributed by atoms with van der Waals surface area (Å²) >= 11 is 0. The molecule has 1 aromatic heterocycles. The highest BCUT2D eigenvalue weighted by molar-refractivity contribution is 5.96. The monoisotopic (exact) mass is 423 g/mol. The summed E-state index contributed by atoms with van der Waals surface area (Å²) in [6, 6.07) is 11.6. The average Bonchev–Trinajstić information content (AvgIpc) is 3.45. The smallest absolute Gasteiger partial charge is 0.232 e. The lowest BCUT2D eigenvalue weighted by Gasteiger charge is -2.16. The number of carbonyl (C=O) groups is 1. The Morgan fingerprint density at radius 1 is 1.06 bits per heavy atom. The van der Waals surface area contributed by atoms with Gasteiger partial charge in [-0.1, -0.05) is 24.2 Å². The maximum absolute atomic E-state index is 12.6. The molecule has 0 unspecified atom stereocenters. The van der Waals surface area contributed by atoms with Crippen LogP contribution in [0.4, 0.5) is 5.69 Å². The van der Waals surface area contributed by atoms with Crippen LogP contribution in [-0.2, 0) is 11.2 Å². The van der Waals surface area contributed by atoms with Gasteiger partial charge in [0.05, 0.1) is 27.2 Å². The standard InChI is InChI=1S/C23H25N3O5/c1-5-14-6-8-17(9-7-14)26-13-16(12-20(26)27)23-24-22(25-31-23)15-10-18(28-2)21(30-4)19(11-15)29-3/h6-11,16H,5,12-13H2,1-4H3/t16-/m1/s1. The molecule has 162 valence electrons. The van der Waals surface area contributed by atoms with Crippen LogP contribution in [0.3, 0.4) is 0 Å². The van der Waals surface area contributed by atoms with Crippen molar-refractivity contribution in [1.29, 1.82) is 0 Å². The fraction of sp³-hybridized carbons (Fsp3) is 0.348. The van der Waals surface area contributed by atoms with Crippen LogP contribution >= 0.6 is 0 Å². The third-order valence-electron chi connectivity index (χ3n) is 5.50. The number of ether oxygens (including phenoxy) is 3. The summed E-state index contributed by atoms with van der Waals surface area (Å²) in [5.74, 6) is 2.20. The Morgan fingerprint density at radius 3 is 2.32 bits per heavy atom. The zero-order chi connectivity index (χ0) is 22.0. The van der Waals surface area contributed by atoms with Crippen molar-refractivity contribution in [2.75, 3.05) is 32.8 Å². The van der Waals surface area contributed by atoms with Gasteiger partial charge in [0.2, 0.25) is 23.4 Å². The number of methoxy groups -OCH3 is 3. The van der Waals surface area contributed by atoms with Crippen LogP contribution < -0.4 is 19.1 Å². The van der Waals surface area contributed by atoms with Crippen molar-refractivity contribution in [3.8, 4) is 28.6 Å². The molecule has 31 heavy (non-hydrogen) atoms. The fourth-order valence-corrected chi connectivity index (χ4v) is 3.76. The molecule has 0 saturated carbocycles. The van der Waals surface area contributed by atoms with Gasteiger partial charge >= 0.3 is 0 Å². The molecular weight excluding hydrogens is 398 g/mol. The molecule has 2 heterocycles. The first kappa shape index (κ1) is 20.7. The van der Waals surface area contributed by atoms with E-state index < -0.39 is 0 Å². The van der Waals surface area contributed by atoms with Gasteiger partial charge in [0.25, 0.3) is 0 Å². The molecular formula is C23H25N3O5. The molecule has 0 N–H and O–H groups in total. The van der Waals surface area contributed by atoms with E-state index in [1.807, 2.05) is 24.3 Å². The summed E-state index contributed by atoms with van der Waals surface area (Å²) in [4.78, 5) is 18.9. The lowest BCUT2D eigenvalue weighted by atomic mass is 10.1. The number of aromatic nitrogens is 2. The molecule has 0 radical (unpaired) electrons. The molecule has 1 amide bonds. The normalized spacial score (nSPS) is 15.9. The van der Waals surface area contributed by atoms with Gasteiger partial charge in [-0.3, -0.25) is 4.79 Å². The van der Waals surface area contributed by atoms with E-state index in [0.29, 0.717) is 47.5 Å². The van der Waals surface area contributed by atoms with Crippen LogP contribution in [0.2, 0.25) is 0 Å². The Morgan fingerprint density at radius 2 is 1.74 bits per heavy atom. The van der Waals surface area contributed by atoms with E-state index in [0.717, 1.165) is 12.1 Å². The number of carbonyl (C=O) groups excluding carboxylic acids is 1. The maximum atomic E-state index is 12.6. The average molecular weight is 423 g/mol. The number of amides is 1. The highest BCUT2D eigenvalue weighted by Gasteiger charge is 2.35. The first-order valence-electron chi connectivity index (χ1n) is 10.1. The third-order valence-corrected chi connectivity index (χ3v) is 5.50. The second kappa shape index (κ2) is 8.67. The zero-order valence-corrected chi connectivity index (χ0v) is 18.0. The van der Waals surface area contributed by atoms with Gasteiger partial charge in [-0.2, -0.15) is 4.98 Å². The van der Waals surface area contributed by atoms with Gasteiger partial charge in [-0.05, 0) is 36.2 Å². The fourth-order valence-electron chi connectivity index (χ4n) is 3.76. The van der Waals surface area contributed by atoms with Gasteiger partial charge < -0.3 is 23.6 Å². The first-order chi connectivity index (χ1) is 15.1. The van der Waals surface area contributed by atoms with Crippen LogP contribution in [0.1, 0.15) is 30.7 Å². The number of nitrogens with zero attached hydrogens (tertiary/aromatic N) is 3. The summed E-state index contributed by atoms with van der Waals surface area (Å²) < 4.78 is 21.7.